The lowest BCUT2D eigenvalue weighted by Gasteiger charge is -2.34. The average molecular weight is 245 g/mol. The fourth-order valence-corrected chi connectivity index (χ4v) is 2.64. The van der Waals surface area contributed by atoms with E-state index >= 15 is 0 Å². The molecule has 0 radical (unpaired) electrons. The van der Waals surface area contributed by atoms with Gasteiger partial charge in [0.15, 0.2) is 0 Å². The number of nitrogens with zero attached hydrogens (tertiary/aromatic N) is 2. The maximum Gasteiger partial charge on any atom is 0.320 e. The number of nitrogens with one attached hydrogen (secondary N) is 1. The summed E-state index contributed by atoms with van der Waals surface area (Å²) >= 11 is 0. The first kappa shape index (κ1) is 11.5. The molecule has 2 heterocycles. The first-order valence-electron chi connectivity index (χ1n) is 6.47. The Kier molecular flexibility index (Phi) is 2.74. The van der Waals surface area contributed by atoms with E-state index in [1.807, 2.05) is 16.8 Å². The molecule has 2 fully saturated rings. The zero-order valence-corrected chi connectivity index (χ0v) is 10.9. The summed E-state index contributed by atoms with van der Waals surface area (Å²) < 4.78 is 0. The predicted molar refractivity (Wildman–Crippen MR) is 70.4 cm³/mol. The number of aryl methyl sites for hydroxylation is 1. The van der Waals surface area contributed by atoms with Gasteiger partial charge in [-0.3, -0.25) is 0 Å². The number of urea groups is 1. The van der Waals surface area contributed by atoms with Gasteiger partial charge in [0.2, 0.25) is 0 Å². The van der Waals surface area contributed by atoms with Gasteiger partial charge < -0.3 is 15.1 Å². The third-order valence-corrected chi connectivity index (χ3v) is 4.05. The van der Waals surface area contributed by atoms with Crippen LogP contribution < -0.4 is 5.32 Å². The van der Waals surface area contributed by atoms with Crippen molar-refractivity contribution in [3.05, 3.63) is 35.4 Å². The first-order valence-corrected chi connectivity index (χ1v) is 6.47. The van der Waals surface area contributed by atoms with Gasteiger partial charge in [0, 0.05) is 26.7 Å². The SMILES string of the molecule is Cc1ccc(C2CN(C3CNC3)C(=O)N2C)cc1. The van der Waals surface area contributed by atoms with Gasteiger partial charge in [-0.05, 0) is 12.5 Å². The summed E-state index contributed by atoms with van der Waals surface area (Å²) in [7, 11) is 1.90. The molecule has 0 aromatic heterocycles. The standard InChI is InChI=1S/C14H19N3O/c1-10-3-5-11(6-4-10)13-9-17(12-7-15-8-12)14(18)16(13)2/h3-6,12-13,15H,7-9H2,1-2H3. The highest BCUT2D eigenvalue weighted by molar-refractivity contribution is 5.77. The Morgan fingerprint density at radius 1 is 1.22 bits per heavy atom. The maximum absolute atomic E-state index is 12.2. The van der Waals surface area contributed by atoms with Crippen molar-refractivity contribution in [1.82, 2.24) is 15.1 Å². The third kappa shape index (κ3) is 1.77. The van der Waals surface area contributed by atoms with Crippen molar-refractivity contribution < 1.29 is 4.79 Å². The van der Waals surface area contributed by atoms with Gasteiger partial charge in [0.25, 0.3) is 0 Å². The second-order valence-corrected chi connectivity index (χ2v) is 5.28. The van der Waals surface area contributed by atoms with Crippen LogP contribution in [0.5, 0.6) is 0 Å². The summed E-state index contributed by atoms with van der Waals surface area (Å²) in [5.74, 6) is 0. The molecule has 2 aliphatic heterocycles. The van der Waals surface area contributed by atoms with E-state index in [9.17, 15) is 4.79 Å². The molecule has 0 aliphatic carbocycles. The van der Waals surface area contributed by atoms with Crippen LogP contribution in [0.25, 0.3) is 0 Å². The molecule has 1 atom stereocenters. The highest BCUT2D eigenvalue weighted by atomic mass is 16.2. The Labute approximate surface area is 108 Å². The number of likely N-dealkylation sites (N-methyl/N-ethyl adjacent to an activating group) is 1. The molecule has 3 rings (SSSR count). The van der Waals surface area contributed by atoms with Crippen LogP contribution in [0.4, 0.5) is 4.79 Å². The molecule has 2 amide bonds. The molecule has 4 heteroatoms. The van der Waals surface area contributed by atoms with E-state index in [0.29, 0.717) is 6.04 Å². The summed E-state index contributed by atoms with van der Waals surface area (Å²) in [6.45, 7) is 4.75. The predicted octanol–water partition coefficient (Wildman–Crippen LogP) is 1.38. The van der Waals surface area contributed by atoms with E-state index in [4.69, 9.17) is 0 Å². The molecule has 2 saturated heterocycles. The molecule has 1 unspecified atom stereocenters. The number of hydrogen-bond acceptors (Lipinski definition) is 2. The Hall–Kier alpha value is -1.55. The molecule has 2 aliphatic rings. The zero-order chi connectivity index (χ0) is 12.7. The van der Waals surface area contributed by atoms with Gasteiger partial charge in [-0.25, -0.2) is 4.79 Å². The van der Waals surface area contributed by atoms with Crippen LogP contribution in [0.15, 0.2) is 24.3 Å². The Morgan fingerprint density at radius 2 is 1.89 bits per heavy atom. The van der Waals surface area contributed by atoms with E-state index in [1.54, 1.807) is 0 Å². The van der Waals surface area contributed by atoms with Gasteiger partial charge in [0.1, 0.15) is 0 Å². The molecule has 1 aromatic carbocycles. The van der Waals surface area contributed by atoms with E-state index in [1.165, 1.54) is 11.1 Å². The molecule has 1 N–H and O–H groups in total. The number of carbonyl (C=O) groups is 1. The minimum absolute atomic E-state index is 0.159. The van der Waals surface area contributed by atoms with Gasteiger partial charge in [-0.1, -0.05) is 29.8 Å². The van der Waals surface area contributed by atoms with E-state index in [0.717, 1.165) is 19.6 Å². The number of benzene rings is 1. The molecule has 1 aromatic rings. The van der Waals surface area contributed by atoms with Crippen LogP contribution in [0.2, 0.25) is 0 Å². The number of hydrogen-bond donors (Lipinski definition) is 1. The summed E-state index contributed by atoms with van der Waals surface area (Å²) in [5, 5.41) is 3.22. The Balaban J connectivity index is 1.81. The highest BCUT2D eigenvalue weighted by Gasteiger charge is 2.40. The number of carbonyl (C=O) groups excluding carboxylic acids is 1. The van der Waals surface area contributed by atoms with Crippen LogP contribution in [0, 0.1) is 6.92 Å². The lowest BCUT2D eigenvalue weighted by molar-refractivity contribution is 0.162. The third-order valence-electron chi connectivity index (χ3n) is 4.05. The van der Waals surface area contributed by atoms with Crippen molar-refractivity contribution in [3.8, 4) is 0 Å². The van der Waals surface area contributed by atoms with Crippen molar-refractivity contribution >= 4 is 6.03 Å². The molecular weight excluding hydrogens is 226 g/mol. The second kappa shape index (κ2) is 4.28. The summed E-state index contributed by atoms with van der Waals surface area (Å²) in [6, 6.07) is 9.22. The van der Waals surface area contributed by atoms with Crippen LogP contribution in [-0.4, -0.2) is 48.6 Å². The molecule has 18 heavy (non-hydrogen) atoms. The smallest absolute Gasteiger partial charge is 0.319 e. The van der Waals surface area contributed by atoms with Crippen molar-refractivity contribution in [1.29, 1.82) is 0 Å². The number of amides is 2. The summed E-state index contributed by atoms with van der Waals surface area (Å²) in [5.41, 5.74) is 2.48. The van der Waals surface area contributed by atoms with Crippen molar-refractivity contribution in [2.45, 2.75) is 19.0 Å². The van der Waals surface area contributed by atoms with E-state index in [-0.39, 0.29) is 12.1 Å². The Bertz CT molecular complexity index is 453. The lowest BCUT2D eigenvalue weighted by atomic mass is 10.0. The van der Waals surface area contributed by atoms with Gasteiger partial charge >= 0.3 is 6.03 Å². The largest absolute Gasteiger partial charge is 0.320 e. The minimum Gasteiger partial charge on any atom is -0.319 e. The zero-order valence-electron chi connectivity index (χ0n) is 10.9. The monoisotopic (exact) mass is 245 g/mol. The van der Waals surface area contributed by atoms with Crippen molar-refractivity contribution in [2.75, 3.05) is 26.7 Å². The van der Waals surface area contributed by atoms with Gasteiger partial charge in [0.05, 0.1) is 12.1 Å². The molecule has 0 bridgehead atoms. The molecular formula is C14H19N3O. The van der Waals surface area contributed by atoms with E-state index < -0.39 is 0 Å². The lowest BCUT2D eigenvalue weighted by Crippen LogP contribution is -2.57. The van der Waals surface area contributed by atoms with Crippen LogP contribution in [-0.2, 0) is 0 Å². The average Bonchev–Trinajstić information content (AvgIpc) is 2.57. The van der Waals surface area contributed by atoms with Crippen LogP contribution >= 0.6 is 0 Å². The van der Waals surface area contributed by atoms with Crippen molar-refractivity contribution in [2.24, 2.45) is 0 Å². The van der Waals surface area contributed by atoms with Gasteiger partial charge in [-0.2, -0.15) is 0 Å². The highest BCUT2D eigenvalue weighted by Crippen LogP contribution is 2.30. The maximum atomic E-state index is 12.2. The normalized spacial score (nSPS) is 24.6. The molecule has 0 spiro atoms. The first-order chi connectivity index (χ1) is 8.66. The fourth-order valence-electron chi connectivity index (χ4n) is 2.64. The minimum atomic E-state index is 0.159. The topological polar surface area (TPSA) is 35.6 Å². The summed E-state index contributed by atoms with van der Waals surface area (Å²) in [6.07, 6.45) is 0. The second-order valence-electron chi connectivity index (χ2n) is 5.28. The fraction of sp³-hybridized carbons (Fsp3) is 0.500. The van der Waals surface area contributed by atoms with E-state index in [2.05, 4.69) is 36.5 Å². The summed E-state index contributed by atoms with van der Waals surface area (Å²) in [4.78, 5) is 16.1. The molecule has 0 saturated carbocycles. The number of rotatable bonds is 2. The van der Waals surface area contributed by atoms with Crippen molar-refractivity contribution in [3.63, 3.8) is 0 Å². The molecule has 4 nitrogen and oxygen atoms in total. The quantitative estimate of drug-likeness (QED) is 0.854. The van der Waals surface area contributed by atoms with Crippen LogP contribution in [0.3, 0.4) is 0 Å². The van der Waals surface area contributed by atoms with Crippen LogP contribution in [0.1, 0.15) is 17.2 Å². The Morgan fingerprint density at radius 3 is 2.44 bits per heavy atom. The van der Waals surface area contributed by atoms with Gasteiger partial charge in [-0.15, -0.1) is 0 Å². The molecule has 96 valence electrons.